The summed E-state index contributed by atoms with van der Waals surface area (Å²) in [6.07, 6.45) is 24.1. The smallest absolute Gasteiger partial charge is 0.155 e. The van der Waals surface area contributed by atoms with Crippen molar-refractivity contribution >= 4 is 0 Å². The number of hydrogen-bond acceptors (Lipinski definition) is 4. The number of rotatable bonds is 14. The molecule has 0 aromatic heterocycles. The zero-order chi connectivity index (χ0) is 31.0. The standard InChI is InChI=1S/C39H72O4/c1-9-27(3)31-11-19-35(20-12-31)40-29(5)42-37-23-15-33(16-24-37)39(7,8)34-17-25-38(26-18-34)43-30(6)41-36-21-13-32(14-22-36)28(4)10-2/h27-38H,9-26H2,1-8H3. The second-order valence-corrected chi connectivity index (χ2v) is 16.3. The van der Waals surface area contributed by atoms with E-state index in [9.17, 15) is 0 Å². The van der Waals surface area contributed by atoms with Crippen LogP contribution in [0.4, 0.5) is 0 Å². The molecule has 4 saturated carbocycles. The maximum Gasteiger partial charge on any atom is 0.155 e. The quantitative estimate of drug-likeness (QED) is 0.185. The van der Waals surface area contributed by atoms with Crippen molar-refractivity contribution in [3.63, 3.8) is 0 Å². The van der Waals surface area contributed by atoms with E-state index in [-0.39, 0.29) is 12.6 Å². The summed E-state index contributed by atoms with van der Waals surface area (Å²) < 4.78 is 25.7. The van der Waals surface area contributed by atoms with Crippen LogP contribution in [0.15, 0.2) is 0 Å². The van der Waals surface area contributed by atoms with E-state index in [0.29, 0.717) is 29.8 Å². The van der Waals surface area contributed by atoms with E-state index < -0.39 is 0 Å². The van der Waals surface area contributed by atoms with Crippen molar-refractivity contribution in [2.45, 2.75) is 208 Å². The Balaban J connectivity index is 1.10. The van der Waals surface area contributed by atoms with Gasteiger partial charge >= 0.3 is 0 Å². The first kappa shape index (κ1) is 35.7. The third-order valence-corrected chi connectivity index (χ3v) is 13.3. The SMILES string of the molecule is CCC(C)C1CCC(OC(C)OC2CCC(C(C)(C)C3CCC(OC(C)OC4CCC(C(C)CC)CC4)CC3)CC2)CC1. The molecule has 4 atom stereocenters. The molecule has 0 saturated heterocycles. The van der Waals surface area contributed by atoms with Crippen LogP contribution in [-0.4, -0.2) is 37.0 Å². The Labute approximate surface area is 267 Å². The van der Waals surface area contributed by atoms with E-state index >= 15 is 0 Å². The summed E-state index contributed by atoms with van der Waals surface area (Å²) in [7, 11) is 0. The molecule has 0 N–H and O–H groups in total. The van der Waals surface area contributed by atoms with Gasteiger partial charge in [-0.2, -0.15) is 0 Å². The first-order valence-electron chi connectivity index (χ1n) is 19.2. The first-order valence-corrected chi connectivity index (χ1v) is 19.2. The van der Waals surface area contributed by atoms with Crippen molar-refractivity contribution in [2.75, 3.05) is 0 Å². The second-order valence-electron chi connectivity index (χ2n) is 16.3. The highest BCUT2D eigenvalue weighted by Crippen LogP contribution is 2.49. The molecule has 4 fully saturated rings. The Morgan fingerprint density at radius 2 is 0.698 bits per heavy atom. The van der Waals surface area contributed by atoms with Crippen molar-refractivity contribution in [1.82, 2.24) is 0 Å². The molecule has 4 heteroatoms. The molecular weight excluding hydrogens is 532 g/mol. The van der Waals surface area contributed by atoms with E-state index in [1.54, 1.807) is 0 Å². The summed E-state index contributed by atoms with van der Waals surface area (Å²) in [5, 5.41) is 0. The summed E-state index contributed by atoms with van der Waals surface area (Å²) in [6.45, 7) is 18.9. The summed E-state index contributed by atoms with van der Waals surface area (Å²) in [5.41, 5.74) is 0.392. The summed E-state index contributed by atoms with van der Waals surface area (Å²) in [6, 6.07) is 0. The van der Waals surface area contributed by atoms with Crippen molar-refractivity contribution in [3.05, 3.63) is 0 Å². The predicted octanol–water partition coefficient (Wildman–Crippen LogP) is 11.1. The minimum Gasteiger partial charge on any atom is -0.350 e. The third kappa shape index (κ3) is 10.4. The molecule has 4 aliphatic rings. The molecule has 252 valence electrons. The molecule has 0 aromatic rings. The van der Waals surface area contributed by atoms with Crippen LogP contribution in [0.3, 0.4) is 0 Å². The largest absolute Gasteiger partial charge is 0.350 e. The van der Waals surface area contributed by atoms with E-state index in [4.69, 9.17) is 18.9 Å². The predicted molar refractivity (Wildman–Crippen MR) is 179 cm³/mol. The van der Waals surface area contributed by atoms with Gasteiger partial charge < -0.3 is 18.9 Å². The Hall–Kier alpha value is -0.160. The highest BCUT2D eigenvalue weighted by atomic mass is 16.7. The van der Waals surface area contributed by atoms with E-state index in [1.807, 2.05) is 0 Å². The second kappa shape index (κ2) is 17.1. The highest BCUT2D eigenvalue weighted by molar-refractivity contribution is 4.91. The lowest BCUT2D eigenvalue weighted by atomic mass is 9.60. The van der Waals surface area contributed by atoms with Gasteiger partial charge in [-0.05, 0) is 158 Å². The fraction of sp³-hybridized carbons (Fsp3) is 1.00. The maximum absolute atomic E-state index is 6.47. The maximum atomic E-state index is 6.47. The zero-order valence-corrected chi connectivity index (χ0v) is 29.8. The molecule has 0 bridgehead atoms. The van der Waals surface area contributed by atoms with E-state index in [0.717, 1.165) is 35.5 Å². The van der Waals surface area contributed by atoms with Gasteiger partial charge in [0, 0.05) is 0 Å². The molecule has 0 aliphatic heterocycles. The molecule has 0 heterocycles. The molecule has 4 rings (SSSR count). The molecular formula is C39H72O4. The van der Waals surface area contributed by atoms with E-state index in [2.05, 4.69) is 55.4 Å². The van der Waals surface area contributed by atoms with Crippen LogP contribution in [0.25, 0.3) is 0 Å². The van der Waals surface area contributed by atoms with Crippen molar-refractivity contribution in [3.8, 4) is 0 Å². The third-order valence-electron chi connectivity index (χ3n) is 13.3. The molecule has 0 radical (unpaired) electrons. The van der Waals surface area contributed by atoms with Crippen LogP contribution in [0.5, 0.6) is 0 Å². The minimum absolute atomic E-state index is 0.0684. The van der Waals surface area contributed by atoms with Crippen molar-refractivity contribution in [1.29, 1.82) is 0 Å². The normalized spacial score (nSPS) is 37.4. The molecule has 4 aliphatic carbocycles. The topological polar surface area (TPSA) is 36.9 Å². The minimum atomic E-state index is -0.0684. The Morgan fingerprint density at radius 3 is 0.953 bits per heavy atom. The highest BCUT2D eigenvalue weighted by Gasteiger charge is 2.41. The molecule has 4 nitrogen and oxygen atoms in total. The Kier molecular flexibility index (Phi) is 14.2. The molecule has 0 amide bonds. The summed E-state index contributed by atoms with van der Waals surface area (Å²) in [5.74, 6) is 5.11. The number of ether oxygens (including phenoxy) is 4. The first-order chi connectivity index (χ1) is 20.6. The van der Waals surface area contributed by atoms with Gasteiger partial charge in [-0.1, -0.05) is 54.4 Å². The van der Waals surface area contributed by atoms with Crippen molar-refractivity contribution in [2.24, 2.45) is 40.9 Å². The number of hydrogen-bond donors (Lipinski definition) is 0. The summed E-state index contributed by atoms with van der Waals surface area (Å²) in [4.78, 5) is 0. The summed E-state index contributed by atoms with van der Waals surface area (Å²) >= 11 is 0. The van der Waals surface area contributed by atoms with Crippen LogP contribution >= 0.6 is 0 Å². The fourth-order valence-corrected chi connectivity index (χ4v) is 9.62. The van der Waals surface area contributed by atoms with Gasteiger partial charge in [0.2, 0.25) is 0 Å². The van der Waals surface area contributed by atoms with Crippen LogP contribution in [0.1, 0.15) is 171 Å². The van der Waals surface area contributed by atoms with Gasteiger partial charge in [0.15, 0.2) is 12.6 Å². The van der Waals surface area contributed by atoms with Gasteiger partial charge in [0.25, 0.3) is 0 Å². The molecule has 0 aromatic carbocycles. The van der Waals surface area contributed by atoms with Crippen LogP contribution in [0.2, 0.25) is 0 Å². The van der Waals surface area contributed by atoms with Gasteiger partial charge in [0.05, 0.1) is 24.4 Å². The zero-order valence-electron chi connectivity index (χ0n) is 29.8. The van der Waals surface area contributed by atoms with Gasteiger partial charge in [-0.15, -0.1) is 0 Å². The average Bonchev–Trinajstić information content (AvgIpc) is 3.01. The Morgan fingerprint density at radius 1 is 0.442 bits per heavy atom. The van der Waals surface area contributed by atoms with Crippen LogP contribution in [0, 0.1) is 40.9 Å². The molecule has 0 spiro atoms. The van der Waals surface area contributed by atoms with Gasteiger partial charge in [-0.25, -0.2) is 0 Å². The monoisotopic (exact) mass is 605 g/mol. The molecule has 43 heavy (non-hydrogen) atoms. The van der Waals surface area contributed by atoms with Crippen LogP contribution < -0.4 is 0 Å². The lowest BCUT2D eigenvalue weighted by Gasteiger charge is -2.47. The molecule has 4 unspecified atom stereocenters. The average molecular weight is 605 g/mol. The van der Waals surface area contributed by atoms with Crippen molar-refractivity contribution < 1.29 is 18.9 Å². The van der Waals surface area contributed by atoms with Gasteiger partial charge in [0.1, 0.15) is 0 Å². The lowest BCUT2D eigenvalue weighted by molar-refractivity contribution is -0.201. The Bertz CT molecular complexity index is 689. The fourth-order valence-electron chi connectivity index (χ4n) is 9.62. The van der Waals surface area contributed by atoms with E-state index in [1.165, 1.54) is 116 Å². The van der Waals surface area contributed by atoms with Crippen LogP contribution in [-0.2, 0) is 18.9 Å². The van der Waals surface area contributed by atoms with Gasteiger partial charge in [-0.3, -0.25) is 0 Å². The lowest BCUT2D eigenvalue weighted by Crippen LogP contribution is -2.40.